The molecule has 29 heavy (non-hydrogen) atoms. The van der Waals surface area contributed by atoms with Crippen LogP contribution in [0.25, 0.3) is 0 Å². The zero-order chi connectivity index (χ0) is 21.4. The molecule has 0 bridgehead atoms. The number of rotatable bonds is 7. The third-order valence-corrected chi connectivity index (χ3v) is 8.19. The highest BCUT2D eigenvalue weighted by Crippen LogP contribution is 2.32. The maximum absolute atomic E-state index is 12.8. The maximum atomic E-state index is 12.8. The third kappa shape index (κ3) is 3.82. The first-order valence-electron chi connectivity index (χ1n) is 9.14. The number of sulfonamides is 2. The van der Waals surface area contributed by atoms with Crippen LogP contribution in [0.15, 0.2) is 44.7 Å². The minimum absolute atomic E-state index is 0.105. The Morgan fingerprint density at radius 1 is 1.14 bits per heavy atom. The van der Waals surface area contributed by atoms with Crippen LogP contribution in [0.5, 0.6) is 0 Å². The topological polar surface area (TPSA) is 117 Å². The molecular weight excluding hydrogens is 418 g/mol. The molecule has 0 unspecified atom stereocenters. The van der Waals surface area contributed by atoms with Crippen molar-refractivity contribution in [2.45, 2.75) is 30.3 Å². The van der Waals surface area contributed by atoms with Gasteiger partial charge >= 0.3 is 0 Å². The van der Waals surface area contributed by atoms with E-state index < -0.39 is 26.0 Å². The highest BCUT2D eigenvalue weighted by Gasteiger charge is 2.31. The lowest BCUT2D eigenvalue weighted by Gasteiger charge is -2.20. The van der Waals surface area contributed by atoms with Gasteiger partial charge in [-0.2, -0.15) is 4.31 Å². The third-order valence-electron chi connectivity index (χ3n) is 4.86. The van der Waals surface area contributed by atoms with Crippen LogP contribution in [0.2, 0.25) is 0 Å². The van der Waals surface area contributed by atoms with Crippen LogP contribution in [-0.2, 0) is 26.5 Å². The van der Waals surface area contributed by atoms with E-state index >= 15 is 0 Å². The molecule has 2 heterocycles. The smallest absolute Gasteiger partial charge is 0.294 e. The number of carbonyl (C=O) groups excluding carboxylic acids is 1. The van der Waals surface area contributed by atoms with E-state index in [9.17, 15) is 21.6 Å². The van der Waals surface area contributed by atoms with Gasteiger partial charge in [0.15, 0.2) is 5.76 Å². The van der Waals surface area contributed by atoms with Crippen molar-refractivity contribution < 1.29 is 26.0 Å². The Hall–Kier alpha value is -2.21. The van der Waals surface area contributed by atoms with Crippen molar-refractivity contribution in [1.29, 1.82) is 0 Å². The van der Waals surface area contributed by atoms with Crippen LogP contribution in [-0.4, -0.2) is 53.7 Å². The number of amides is 1. The summed E-state index contributed by atoms with van der Waals surface area (Å²) in [6, 6.07) is 7.21. The maximum Gasteiger partial charge on any atom is 0.294 e. The summed E-state index contributed by atoms with van der Waals surface area (Å²) >= 11 is 0. The fourth-order valence-electron chi connectivity index (χ4n) is 3.28. The molecule has 1 aliphatic rings. The molecule has 9 nitrogen and oxygen atoms in total. The van der Waals surface area contributed by atoms with Crippen molar-refractivity contribution in [3.63, 3.8) is 0 Å². The largest absolute Gasteiger partial charge is 0.438 e. The average Bonchev–Trinajstić information content (AvgIpc) is 3.35. The molecule has 0 aliphatic carbocycles. The number of benzene rings is 1. The van der Waals surface area contributed by atoms with Crippen LogP contribution < -0.4 is 9.62 Å². The molecule has 158 valence electrons. The number of carbonyl (C=O) groups is 1. The van der Waals surface area contributed by atoms with Gasteiger partial charge in [0, 0.05) is 25.3 Å². The molecule has 3 rings (SSSR count). The van der Waals surface area contributed by atoms with Crippen LogP contribution in [0, 0.1) is 0 Å². The lowest BCUT2D eigenvalue weighted by Crippen LogP contribution is -2.30. The van der Waals surface area contributed by atoms with Gasteiger partial charge in [0.2, 0.25) is 15.1 Å². The molecule has 1 aromatic heterocycles. The molecule has 0 saturated carbocycles. The van der Waals surface area contributed by atoms with Gasteiger partial charge in [0.05, 0.1) is 4.90 Å². The molecule has 0 saturated heterocycles. The van der Waals surface area contributed by atoms with Gasteiger partial charge in [-0.25, -0.2) is 21.6 Å². The quantitative estimate of drug-likeness (QED) is 0.695. The first-order chi connectivity index (χ1) is 13.7. The van der Waals surface area contributed by atoms with Gasteiger partial charge in [0.1, 0.15) is 0 Å². The second-order valence-corrected chi connectivity index (χ2v) is 10.2. The molecule has 2 aromatic rings. The first kappa shape index (κ1) is 21.5. The zero-order valence-corrected chi connectivity index (χ0v) is 18.0. The highest BCUT2D eigenvalue weighted by atomic mass is 32.2. The fraction of sp³-hybridized carbons (Fsp3) is 0.389. The standard InChI is InChI=1S/C18H23N3O6S2/c1-4-20(5-2)29(25,26)14-6-7-15-13(12-14)10-11-21(15)18(22)16-8-9-17(27-16)28(23,24)19-3/h6-9,12,19H,4-5,10-11H2,1-3H3. The van der Waals surface area contributed by atoms with E-state index in [1.807, 2.05) is 0 Å². The predicted octanol–water partition coefficient (Wildman–Crippen LogP) is 1.42. The Morgan fingerprint density at radius 3 is 2.45 bits per heavy atom. The molecule has 0 atom stereocenters. The number of hydrogen-bond donors (Lipinski definition) is 1. The summed E-state index contributed by atoms with van der Waals surface area (Å²) in [6.45, 7) is 4.65. The van der Waals surface area contributed by atoms with E-state index in [1.165, 1.54) is 34.5 Å². The van der Waals surface area contributed by atoms with Crippen LogP contribution >= 0.6 is 0 Å². The van der Waals surface area contributed by atoms with E-state index in [0.717, 1.165) is 5.56 Å². The number of nitrogens with zero attached hydrogens (tertiary/aromatic N) is 2. The summed E-state index contributed by atoms with van der Waals surface area (Å²) in [6.07, 6.45) is 0.491. The lowest BCUT2D eigenvalue weighted by atomic mass is 10.2. The summed E-state index contributed by atoms with van der Waals surface area (Å²) in [5.74, 6) is -0.591. The second-order valence-electron chi connectivity index (χ2n) is 6.41. The van der Waals surface area contributed by atoms with Gasteiger partial charge in [-0.05, 0) is 49.4 Å². The van der Waals surface area contributed by atoms with Crippen molar-refractivity contribution in [3.8, 4) is 0 Å². The van der Waals surface area contributed by atoms with Crippen LogP contribution in [0.1, 0.15) is 30.0 Å². The Kier molecular flexibility index (Phi) is 5.86. The summed E-state index contributed by atoms with van der Waals surface area (Å²) < 4.78 is 57.8. The minimum atomic E-state index is -3.79. The van der Waals surface area contributed by atoms with Crippen LogP contribution in [0.3, 0.4) is 0 Å². The number of hydrogen-bond acceptors (Lipinski definition) is 6. The molecule has 0 radical (unpaired) electrons. The van der Waals surface area contributed by atoms with E-state index in [4.69, 9.17) is 4.42 Å². The zero-order valence-electron chi connectivity index (χ0n) is 16.4. The first-order valence-corrected chi connectivity index (χ1v) is 12.1. The molecule has 11 heteroatoms. The summed E-state index contributed by atoms with van der Waals surface area (Å²) in [5.41, 5.74) is 1.32. The Labute approximate surface area is 170 Å². The summed E-state index contributed by atoms with van der Waals surface area (Å²) in [4.78, 5) is 14.5. The SMILES string of the molecule is CCN(CC)S(=O)(=O)c1ccc2c(c1)CCN2C(=O)c1ccc(S(=O)(=O)NC)o1. The Balaban J connectivity index is 1.90. The lowest BCUT2D eigenvalue weighted by molar-refractivity contribution is 0.0957. The molecule has 0 fully saturated rings. The van der Waals surface area contributed by atoms with E-state index in [0.29, 0.717) is 31.7 Å². The average molecular weight is 442 g/mol. The van der Waals surface area contributed by atoms with Gasteiger partial charge in [-0.15, -0.1) is 0 Å². The molecule has 1 aliphatic heterocycles. The Morgan fingerprint density at radius 2 is 1.83 bits per heavy atom. The highest BCUT2D eigenvalue weighted by molar-refractivity contribution is 7.89. The van der Waals surface area contributed by atoms with Crippen molar-refractivity contribution in [1.82, 2.24) is 9.03 Å². The van der Waals surface area contributed by atoms with Gasteiger partial charge in [0.25, 0.3) is 15.9 Å². The van der Waals surface area contributed by atoms with Gasteiger partial charge < -0.3 is 9.32 Å². The van der Waals surface area contributed by atoms with E-state index in [2.05, 4.69) is 4.72 Å². The monoisotopic (exact) mass is 441 g/mol. The summed E-state index contributed by atoms with van der Waals surface area (Å²) in [7, 11) is -6.13. The number of anilines is 1. The fourth-order valence-corrected chi connectivity index (χ4v) is 5.43. The molecule has 1 amide bonds. The molecule has 1 aromatic carbocycles. The number of furan rings is 1. The van der Waals surface area contributed by atoms with Crippen molar-refractivity contribution in [2.24, 2.45) is 0 Å². The van der Waals surface area contributed by atoms with Crippen LogP contribution in [0.4, 0.5) is 5.69 Å². The Bertz CT molecular complexity index is 1130. The second kappa shape index (κ2) is 7.90. The molecular formula is C18H23N3O6S2. The van der Waals surface area contributed by atoms with Crippen molar-refractivity contribution >= 4 is 31.6 Å². The van der Waals surface area contributed by atoms with Gasteiger partial charge in [-0.1, -0.05) is 13.8 Å². The number of fused-ring (bicyclic) bond motifs is 1. The van der Waals surface area contributed by atoms with Crippen molar-refractivity contribution in [2.75, 3.05) is 31.6 Å². The summed E-state index contributed by atoms with van der Waals surface area (Å²) in [5, 5.41) is -0.344. The number of nitrogens with one attached hydrogen (secondary N) is 1. The normalized spacial score (nSPS) is 14.4. The van der Waals surface area contributed by atoms with E-state index in [-0.39, 0.29) is 15.7 Å². The predicted molar refractivity (Wildman–Crippen MR) is 107 cm³/mol. The van der Waals surface area contributed by atoms with E-state index in [1.54, 1.807) is 26.0 Å². The minimum Gasteiger partial charge on any atom is -0.438 e. The molecule has 0 spiro atoms. The van der Waals surface area contributed by atoms with Crippen molar-refractivity contribution in [3.05, 3.63) is 41.7 Å². The molecule has 1 N–H and O–H groups in total. The van der Waals surface area contributed by atoms with Gasteiger partial charge in [-0.3, -0.25) is 4.79 Å².